The van der Waals surface area contributed by atoms with Crippen LogP contribution in [0, 0.1) is 6.92 Å². The lowest BCUT2D eigenvalue weighted by molar-refractivity contribution is -0.00000463. The van der Waals surface area contributed by atoms with Crippen molar-refractivity contribution in [3.8, 4) is 0 Å². The first-order valence-corrected chi connectivity index (χ1v) is 11.3. The molecule has 1 fully saturated rings. The minimum absolute atomic E-state index is 0. The zero-order chi connectivity index (χ0) is 15.8. The number of fused-ring (bicyclic) bond motifs is 2. The Morgan fingerprint density at radius 3 is 2.50 bits per heavy atom. The molecule has 0 N–H and O–H groups in total. The van der Waals surface area contributed by atoms with Crippen molar-refractivity contribution in [2.75, 3.05) is 17.8 Å². The molecule has 0 unspecified atom stereocenters. The number of aryl methyl sites for hydroxylation is 1. The molecule has 1 saturated heterocycles. The largest absolute Gasteiger partial charge is 1.00 e. The van der Waals surface area contributed by atoms with Crippen LogP contribution in [0.5, 0.6) is 0 Å². The summed E-state index contributed by atoms with van der Waals surface area (Å²) in [6.45, 7) is 2.22. The SMILES string of the molecule is Cc1ccc2c(c1)C(=C1CC[S+](C)CC1)c1ccccc1CS2.[I-]. The van der Waals surface area contributed by atoms with Gasteiger partial charge in [0.1, 0.15) is 11.5 Å². The molecule has 2 aromatic carbocycles. The van der Waals surface area contributed by atoms with E-state index in [0.29, 0.717) is 10.9 Å². The summed E-state index contributed by atoms with van der Waals surface area (Å²) in [6.07, 6.45) is 4.99. The summed E-state index contributed by atoms with van der Waals surface area (Å²) in [5.41, 5.74) is 9.08. The van der Waals surface area contributed by atoms with Gasteiger partial charge in [-0.2, -0.15) is 0 Å². The van der Waals surface area contributed by atoms with Gasteiger partial charge >= 0.3 is 0 Å². The summed E-state index contributed by atoms with van der Waals surface area (Å²) >= 11 is 2.00. The van der Waals surface area contributed by atoms with Gasteiger partial charge in [-0.05, 0) is 46.1 Å². The fraction of sp³-hybridized carbons (Fsp3) is 0.333. The number of allylic oxidation sites excluding steroid dienone is 1. The van der Waals surface area contributed by atoms with E-state index in [1.807, 2.05) is 11.8 Å². The van der Waals surface area contributed by atoms with Gasteiger partial charge in [-0.1, -0.05) is 47.5 Å². The van der Waals surface area contributed by atoms with Crippen molar-refractivity contribution in [2.24, 2.45) is 0 Å². The number of benzene rings is 2. The highest BCUT2D eigenvalue weighted by molar-refractivity contribution is 7.98. The van der Waals surface area contributed by atoms with E-state index in [9.17, 15) is 0 Å². The van der Waals surface area contributed by atoms with Gasteiger partial charge in [0.2, 0.25) is 0 Å². The summed E-state index contributed by atoms with van der Waals surface area (Å²) < 4.78 is 0. The molecule has 0 atom stereocenters. The highest BCUT2D eigenvalue weighted by Gasteiger charge is 2.26. The molecular formula is C21H23IS2. The molecule has 2 aliphatic rings. The van der Waals surface area contributed by atoms with Crippen LogP contribution < -0.4 is 24.0 Å². The van der Waals surface area contributed by atoms with Crippen LogP contribution in [0.3, 0.4) is 0 Å². The third-order valence-corrected chi connectivity index (χ3v) is 7.86. The van der Waals surface area contributed by atoms with Crippen LogP contribution in [-0.4, -0.2) is 17.8 Å². The van der Waals surface area contributed by atoms with Crippen LogP contribution in [0.15, 0.2) is 52.9 Å². The van der Waals surface area contributed by atoms with Crippen LogP contribution >= 0.6 is 11.8 Å². The van der Waals surface area contributed by atoms with Gasteiger partial charge in [0, 0.05) is 23.5 Å². The Labute approximate surface area is 169 Å². The molecule has 2 aliphatic heterocycles. The summed E-state index contributed by atoms with van der Waals surface area (Å²) in [7, 11) is 0.621. The Hall–Kier alpha value is -0.390. The molecule has 126 valence electrons. The Bertz CT molecular complexity index is 769. The molecule has 0 radical (unpaired) electrons. The highest BCUT2D eigenvalue weighted by Crippen LogP contribution is 2.43. The smallest absolute Gasteiger partial charge is 0.111 e. The Morgan fingerprint density at radius 2 is 1.71 bits per heavy atom. The quantitative estimate of drug-likeness (QED) is 0.425. The van der Waals surface area contributed by atoms with Gasteiger partial charge in [-0.25, -0.2) is 0 Å². The van der Waals surface area contributed by atoms with E-state index in [1.165, 1.54) is 51.5 Å². The van der Waals surface area contributed by atoms with Gasteiger partial charge in [0.15, 0.2) is 0 Å². The summed E-state index contributed by atoms with van der Waals surface area (Å²) in [6, 6.07) is 16.0. The lowest BCUT2D eigenvalue weighted by Crippen LogP contribution is -3.00. The summed E-state index contributed by atoms with van der Waals surface area (Å²) in [5, 5.41) is 0. The van der Waals surface area contributed by atoms with E-state index in [4.69, 9.17) is 0 Å². The van der Waals surface area contributed by atoms with E-state index in [2.05, 4.69) is 55.6 Å². The average molecular weight is 466 g/mol. The number of rotatable bonds is 0. The number of thioether (sulfide) groups is 1. The molecule has 0 aromatic heterocycles. The van der Waals surface area contributed by atoms with Crippen molar-refractivity contribution in [2.45, 2.75) is 30.4 Å². The molecule has 2 aromatic rings. The fourth-order valence-electron chi connectivity index (χ4n) is 3.61. The van der Waals surface area contributed by atoms with Crippen LogP contribution in [0.25, 0.3) is 5.57 Å². The van der Waals surface area contributed by atoms with E-state index >= 15 is 0 Å². The topological polar surface area (TPSA) is 0 Å². The standard InChI is InChI=1S/C21H23S2.HI/c1-15-7-8-20-19(13-15)21(16-9-11-23(2)12-10-16)18-6-4-3-5-17(18)14-22-20;/h3-8,13H,9-12,14H2,1-2H3;1H/q+1;/p-1. The first-order valence-electron chi connectivity index (χ1n) is 8.35. The Balaban J connectivity index is 0.00000169. The van der Waals surface area contributed by atoms with Crippen LogP contribution in [0.1, 0.15) is 35.1 Å². The van der Waals surface area contributed by atoms with Gasteiger partial charge in [-0.3, -0.25) is 0 Å². The molecular weight excluding hydrogens is 443 g/mol. The van der Waals surface area contributed by atoms with Gasteiger partial charge in [0.05, 0.1) is 6.26 Å². The van der Waals surface area contributed by atoms with Crippen molar-refractivity contribution >= 4 is 28.2 Å². The van der Waals surface area contributed by atoms with E-state index in [1.54, 1.807) is 11.1 Å². The third-order valence-electron chi connectivity index (χ3n) is 4.93. The minimum atomic E-state index is 0. The number of halogens is 1. The van der Waals surface area contributed by atoms with E-state index in [0.717, 1.165) is 5.75 Å². The second-order valence-corrected chi connectivity index (χ2v) is 10.0. The van der Waals surface area contributed by atoms with Crippen molar-refractivity contribution in [3.63, 3.8) is 0 Å². The summed E-state index contributed by atoms with van der Waals surface area (Å²) in [4.78, 5) is 1.45. The molecule has 0 nitrogen and oxygen atoms in total. The van der Waals surface area contributed by atoms with Gasteiger partial charge < -0.3 is 24.0 Å². The van der Waals surface area contributed by atoms with Crippen molar-refractivity contribution in [1.29, 1.82) is 0 Å². The van der Waals surface area contributed by atoms with Crippen molar-refractivity contribution in [1.82, 2.24) is 0 Å². The second kappa shape index (κ2) is 7.88. The second-order valence-electron chi connectivity index (χ2n) is 6.61. The Morgan fingerprint density at radius 1 is 0.958 bits per heavy atom. The monoisotopic (exact) mass is 466 g/mol. The molecule has 3 heteroatoms. The van der Waals surface area contributed by atoms with Gasteiger partial charge in [0.25, 0.3) is 0 Å². The first kappa shape index (κ1) is 18.4. The van der Waals surface area contributed by atoms with E-state index in [-0.39, 0.29) is 24.0 Å². The molecule has 24 heavy (non-hydrogen) atoms. The number of hydrogen-bond acceptors (Lipinski definition) is 1. The lowest BCUT2D eigenvalue weighted by Gasteiger charge is -2.21. The third kappa shape index (κ3) is 3.58. The average Bonchev–Trinajstić information content (AvgIpc) is 2.72. The zero-order valence-corrected chi connectivity index (χ0v) is 18.1. The molecule has 4 rings (SSSR count). The molecule has 0 bridgehead atoms. The summed E-state index contributed by atoms with van der Waals surface area (Å²) in [5.74, 6) is 3.83. The fourth-order valence-corrected chi connectivity index (χ4v) is 6.05. The Kier molecular flexibility index (Phi) is 6.04. The van der Waals surface area contributed by atoms with Crippen molar-refractivity contribution < 1.29 is 24.0 Å². The normalized spacial score (nSPS) is 19.8. The van der Waals surface area contributed by atoms with E-state index < -0.39 is 0 Å². The predicted octanol–water partition coefficient (Wildman–Crippen LogP) is 2.45. The van der Waals surface area contributed by atoms with Crippen LogP contribution in [-0.2, 0) is 16.6 Å². The molecule has 0 aliphatic carbocycles. The van der Waals surface area contributed by atoms with Crippen molar-refractivity contribution in [3.05, 3.63) is 70.3 Å². The lowest BCUT2D eigenvalue weighted by atomic mass is 9.87. The predicted molar refractivity (Wildman–Crippen MR) is 105 cm³/mol. The molecule has 0 amide bonds. The molecule has 2 heterocycles. The first-order chi connectivity index (χ1) is 11.2. The maximum atomic E-state index is 2.43. The van der Waals surface area contributed by atoms with Crippen LogP contribution in [0.4, 0.5) is 0 Å². The molecule has 0 spiro atoms. The highest BCUT2D eigenvalue weighted by atomic mass is 127. The minimum Gasteiger partial charge on any atom is -1.00 e. The van der Waals surface area contributed by atoms with Gasteiger partial charge in [-0.15, -0.1) is 11.8 Å². The number of hydrogen-bond donors (Lipinski definition) is 0. The molecule has 0 saturated carbocycles. The van der Waals surface area contributed by atoms with Crippen LogP contribution in [0.2, 0.25) is 0 Å². The maximum Gasteiger partial charge on any atom is 0.111 e. The zero-order valence-electron chi connectivity index (χ0n) is 14.3. The maximum absolute atomic E-state index is 2.43.